The fourth-order valence-corrected chi connectivity index (χ4v) is 2.54. The molecule has 0 heterocycles. The van der Waals surface area contributed by atoms with Gasteiger partial charge in [0.1, 0.15) is 0 Å². The highest BCUT2D eigenvalue weighted by molar-refractivity contribution is 6.31. The van der Waals surface area contributed by atoms with Crippen LogP contribution in [-0.2, 0) is 5.41 Å². The lowest BCUT2D eigenvalue weighted by Gasteiger charge is -2.21. The summed E-state index contributed by atoms with van der Waals surface area (Å²) in [6.07, 6.45) is 2.13. The normalized spacial score (nSPS) is 16.7. The predicted molar refractivity (Wildman–Crippen MR) is 69.1 cm³/mol. The first-order valence-corrected chi connectivity index (χ1v) is 6.26. The van der Waals surface area contributed by atoms with Crippen molar-refractivity contribution in [2.45, 2.75) is 25.2 Å². The zero-order valence-electron chi connectivity index (χ0n) is 10.3. The number of rotatable bonds is 5. The van der Waals surface area contributed by atoms with E-state index >= 15 is 0 Å². The maximum absolute atomic E-state index is 6.31. The molecule has 0 radical (unpaired) electrons. The van der Waals surface area contributed by atoms with Crippen LogP contribution in [0.3, 0.4) is 0 Å². The molecule has 1 aromatic rings. The van der Waals surface area contributed by atoms with Gasteiger partial charge in [-0.2, -0.15) is 0 Å². The molecular formula is C13H18ClNO2. The Labute approximate surface area is 107 Å². The fourth-order valence-electron chi connectivity index (χ4n) is 2.19. The van der Waals surface area contributed by atoms with E-state index in [-0.39, 0.29) is 5.41 Å². The molecule has 0 aliphatic heterocycles. The second kappa shape index (κ2) is 4.75. The largest absolute Gasteiger partial charge is 0.493 e. The highest BCUT2D eigenvalue weighted by atomic mass is 35.5. The van der Waals surface area contributed by atoms with Crippen LogP contribution in [0.5, 0.6) is 11.5 Å². The van der Waals surface area contributed by atoms with E-state index in [9.17, 15) is 0 Å². The van der Waals surface area contributed by atoms with Gasteiger partial charge in [-0.15, -0.1) is 0 Å². The standard InChI is InChI=1S/C13H18ClNO2/c1-3-17-12-10(16-2)5-4-9(14)11(12)13(8-15)6-7-13/h4-5H,3,6-8,15H2,1-2H3. The summed E-state index contributed by atoms with van der Waals surface area (Å²) in [5.41, 5.74) is 6.88. The third kappa shape index (κ3) is 2.09. The zero-order chi connectivity index (χ0) is 12.5. The summed E-state index contributed by atoms with van der Waals surface area (Å²) in [5.74, 6) is 1.48. The molecule has 4 heteroatoms. The van der Waals surface area contributed by atoms with E-state index in [1.165, 1.54) is 0 Å². The lowest BCUT2D eigenvalue weighted by molar-refractivity contribution is 0.305. The van der Waals surface area contributed by atoms with Crippen LogP contribution in [0.15, 0.2) is 12.1 Å². The van der Waals surface area contributed by atoms with Gasteiger partial charge < -0.3 is 15.2 Å². The highest BCUT2D eigenvalue weighted by Crippen LogP contribution is 2.55. The number of hydrogen-bond acceptors (Lipinski definition) is 3. The van der Waals surface area contributed by atoms with Crippen molar-refractivity contribution >= 4 is 11.6 Å². The van der Waals surface area contributed by atoms with Crippen LogP contribution in [-0.4, -0.2) is 20.3 Å². The van der Waals surface area contributed by atoms with Gasteiger partial charge in [-0.3, -0.25) is 0 Å². The topological polar surface area (TPSA) is 44.5 Å². The third-order valence-corrected chi connectivity index (χ3v) is 3.67. The van der Waals surface area contributed by atoms with Gasteiger partial charge in [-0.1, -0.05) is 11.6 Å². The second-order valence-corrected chi connectivity index (χ2v) is 4.78. The van der Waals surface area contributed by atoms with Gasteiger partial charge in [0.05, 0.1) is 13.7 Å². The minimum atomic E-state index is -0.00384. The van der Waals surface area contributed by atoms with Crippen molar-refractivity contribution in [2.24, 2.45) is 5.73 Å². The van der Waals surface area contributed by atoms with Crippen LogP contribution < -0.4 is 15.2 Å². The molecule has 94 valence electrons. The number of nitrogens with two attached hydrogens (primary N) is 1. The van der Waals surface area contributed by atoms with Crippen LogP contribution in [0.25, 0.3) is 0 Å². The molecule has 0 aromatic heterocycles. The van der Waals surface area contributed by atoms with Gasteiger partial charge in [0.2, 0.25) is 0 Å². The molecule has 2 N–H and O–H groups in total. The molecule has 1 fully saturated rings. The van der Waals surface area contributed by atoms with Crippen LogP contribution in [0.4, 0.5) is 0 Å². The lowest BCUT2D eigenvalue weighted by atomic mass is 9.94. The molecular weight excluding hydrogens is 238 g/mol. The SMILES string of the molecule is CCOc1c(OC)ccc(Cl)c1C1(CN)CC1. The van der Waals surface area contributed by atoms with Crippen LogP contribution >= 0.6 is 11.6 Å². The quantitative estimate of drug-likeness (QED) is 0.880. The summed E-state index contributed by atoms with van der Waals surface area (Å²) in [6, 6.07) is 3.69. The second-order valence-electron chi connectivity index (χ2n) is 4.37. The summed E-state index contributed by atoms with van der Waals surface area (Å²) >= 11 is 6.31. The van der Waals surface area contributed by atoms with E-state index in [0.29, 0.717) is 13.2 Å². The number of ether oxygens (including phenoxy) is 2. The molecule has 1 saturated carbocycles. The van der Waals surface area contributed by atoms with Gasteiger partial charge in [-0.05, 0) is 31.9 Å². The molecule has 3 nitrogen and oxygen atoms in total. The monoisotopic (exact) mass is 255 g/mol. The molecule has 0 spiro atoms. The Hall–Kier alpha value is -0.930. The van der Waals surface area contributed by atoms with E-state index in [2.05, 4.69) is 0 Å². The maximum atomic E-state index is 6.31. The van der Waals surface area contributed by atoms with E-state index < -0.39 is 0 Å². The first kappa shape index (κ1) is 12.5. The summed E-state index contributed by atoms with van der Waals surface area (Å²) < 4.78 is 11.0. The van der Waals surface area contributed by atoms with E-state index in [1.807, 2.05) is 19.1 Å². The molecule has 2 rings (SSSR count). The van der Waals surface area contributed by atoms with Crippen LogP contribution in [0.2, 0.25) is 5.02 Å². The lowest BCUT2D eigenvalue weighted by Crippen LogP contribution is -2.21. The predicted octanol–water partition coefficient (Wildman–Crippen LogP) is 2.74. The first-order chi connectivity index (χ1) is 8.18. The number of hydrogen-bond donors (Lipinski definition) is 1. The summed E-state index contributed by atoms with van der Waals surface area (Å²) in [7, 11) is 1.64. The number of methoxy groups -OCH3 is 1. The molecule has 0 atom stereocenters. The van der Waals surface area contributed by atoms with Crippen molar-refractivity contribution in [3.8, 4) is 11.5 Å². The highest BCUT2D eigenvalue weighted by Gasteiger charge is 2.47. The molecule has 0 bridgehead atoms. The zero-order valence-corrected chi connectivity index (χ0v) is 11.0. The van der Waals surface area contributed by atoms with E-state index in [4.69, 9.17) is 26.8 Å². The summed E-state index contributed by atoms with van der Waals surface area (Å²) in [6.45, 7) is 3.14. The number of halogens is 1. The molecule has 0 amide bonds. The van der Waals surface area contributed by atoms with Crippen molar-refractivity contribution < 1.29 is 9.47 Å². The maximum Gasteiger partial charge on any atom is 0.166 e. The van der Waals surface area contributed by atoms with E-state index in [0.717, 1.165) is 34.9 Å². The molecule has 1 aromatic carbocycles. The molecule has 0 unspecified atom stereocenters. The van der Waals surface area contributed by atoms with Crippen LogP contribution in [0.1, 0.15) is 25.3 Å². The van der Waals surface area contributed by atoms with Crippen LogP contribution in [0, 0.1) is 0 Å². The minimum absolute atomic E-state index is 0.00384. The Morgan fingerprint density at radius 1 is 1.41 bits per heavy atom. The Bertz CT molecular complexity index is 416. The summed E-state index contributed by atoms with van der Waals surface area (Å²) in [5, 5.41) is 0.720. The van der Waals surface area contributed by atoms with E-state index in [1.54, 1.807) is 7.11 Å². The van der Waals surface area contributed by atoms with Crippen molar-refractivity contribution in [3.05, 3.63) is 22.7 Å². The molecule has 0 saturated heterocycles. The fraction of sp³-hybridized carbons (Fsp3) is 0.538. The number of benzene rings is 1. The Morgan fingerprint density at radius 2 is 2.12 bits per heavy atom. The molecule has 17 heavy (non-hydrogen) atoms. The molecule has 1 aliphatic carbocycles. The third-order valence-electron chi connectivity index (χ3n) is 3.35. The Kier molecular flexibility index (Phi) is 3.50. The smallest absolute Gasteiger partial charge is 0.166 e. The average Bonchev–Trinajstić information content (AvgIpc) is 3.11. The van der Waals surface area contributed by atoms with Crippen molar-refractivity contribution in [1.82, 2.24) is 0 Å². The van der Waals surface area contributed by atoms with Crippen molar-refractivity contribution in [3.63, 3.8) is 0 Å². The minimum Gasteiger partial charge on any atom is -0.493 e. The van der Waals surface area contributed by atoms with Crippen molar-refractivity contribution in [1.29, 1.82) is 0 Å². The Morgan fingerprint density at radius 3 is 2.59 bits per heavy atom. The summed E-state index contributed by atoms with van der Waals surface area (Å²) in [4.78, 5) is 0. The van der Waals surface area contributed by atoms with Crippen molar-refractivity contribution in [2.75, 3.05) is 20.3 Å². The van der Waals surface area contributed by atoms with Gasteiger partial charge in [0.15, 0.2) is 11.5 Å². The molecule has 1 aliphatic rings. The van der Waals surface area contributed by atoms with Gasteiger partial charge >= 0.3 is 0 Å². The Balaban J connectivity index is 2.54. The van der Waals surface area contributed by atoms with Gasteiger partial charge in [-0.25, -0.2) is 0 Å². The average molecular weight is 256 g/mol. The first-order valence-electron chi connectivity index (χ1n) is 5.88. The van der Waals surface area contributed by atoms with Gasteiger partial charge in [0.25, 0.3) is 0 Å². The van der Waals surface area contributed by atoms with Gasteiger partial charge in [0, 0.05) is 22.5 Å².